The van der Waals surface area contributed by atoms with E-state index in [1.807, 2.05) is 6.07 Å². The highest BCUT2D eigenvalue weighted by Crippen LogP contribution is 2.33. The van der Waals surface area contributed by atoms with Crippen molar-refractivity contribution in [3.8, 4) is 6.07 Å². The average Bonchev–Trinajstić information content (AvgIpc) is 2.77. The number of rotatable bonds is 7. The molecule has 0 aromatic heterocycles. The molecule has 0 saturated heterocycles. The number of nitriles is 1. The molecule has 0 bridgehead atoms. The first-order chi connectivity index (χ1) is 14.7. The Hall–Kier alpha value is -3.08. The monoisotopic (exact) mass is 428 g/mol. The van der Waals surface area contributed by atoms with Gasteiger partial charge in [0.15, 0.2) is 6.10 Å². The summed E-state index contributed by atoms with van der Waals surface area (Å²) in [7, 11) is 1.59. The molecule has 0 spiro atoms. The Morgan fingerprint density at radius 1 is 1.10 bits per heavy atom. The molecule has 0 aliphatic heterocycles. The SMILES string of the molecule is CC(C)[C@@H](NC(=O)Nc1ccccc1)C(=O)O[C@H](C)C(=O)N(C)C1(C#N)CCCCC1. The summed E-state index contributed by atoms with van der Waals surface area (Å²) in [5, 5.41) is 15.0. The molecule has 8 heteroatoms. The number of anilines is 1. The summed E-state index contributed by atoms with van der Waals surface area (Å²) >= 11 is 0. The summed E-state index contributed by atoms with van der Waals surface area (Å²) in [6.45, 7) is 5.05. The van der Waals surface area contributed by atoms with Crippen LogP contribution in [0, 0.1) is 17.2 Å². The molecule has 1 saturated carbocycles. The van der Waals surface area contributed by atoms with Crippen molar-refractivity contribution in [2.75, 3.05) is 12.4 Å². The van der Waals surface area contributed by atoms with Crippen LogP contribution < -0.4 is 10.6 Å². The summed E-state index contributed by atoms with van der Waals surface area (Å²) in [5.74, 6) is -1.37. The van der Waals surface area contributed by atoms with E-state index in [9.17, 15) is 19.6 Å². The lowest BCUT2D eigenvalue weighted by Crippen LogP contribution is -2.54. The van der Waals surface area contributed by atoms with Gasteiger partial charge in [0.25, 0.3) is 5.91 Å². The van der Waals surface area contributed by atoms with E-state index in [2.05, 4.69) is 16.7 Å². The minimum Gasteiger partial charge on any atom is -0.451 e. The lowest BCUT2D eigenvalue weighted by molar-refractivity contribution is -0.163. The molecule has 1 aliphatic carbocycles. The first-order valence-electron chi connectivity index (χ1n) is 10.7. The summed E-state index contributed by atoms with van der Waals surface area (Å²) < 4.78 is 5.41. The number of nitrogens with one attached hydrogen (secondary N) is 2. The number of carbonyl (C=O) groups is 3. The second-order valence-electron chi connectivity index (χ2n) is 8.37. The molecule has 0 unspecified atom stereocenters. The van der Waals surface area contributed by atoms with E-state index in [0.717, 1.165) is 19.3 Å². The molecular weight excluding hydrogens is 396 g/mol. The van der Waals surface area contributed by atoms with Gasteiger partial charge in [-0.05, 0) is 37.8 Å². The molecule has 2 N–H and O–H groups in total. The largest absolute Gasteiger partial charge is 0.451 e. The number of nitrogens with zero attached hydrogens (tertiary/aromatic N) is 2. The lowest BCUT2D eigenvalue weighted by atomic mass is 9.81. The Balaban J connectivity index is 2.00. The minimum atomic E-state index is -1.06. The number of hydrogen-bond acceptors (Lipinski definition) is 5. The van der Waals surface area contributed by atoms with Gasteiger partial charge in [0, 0.05) is 12.7 Å². The van der Waals surface area contributed by atoms with Gasteiger partial charge < -0.3 is 20.3 Å². The maximum Gasteiger partial charge on any atom is 0.329 e. The first kappa shape index (κ1) is 24.2. The summed E-state index contributed by atoms with van der Waals surface area (Å²) in [6, 6.07) is 9.69. The van der Waals surface area contributed by atoms with Crippen LogP contribution >= 0.6 is 0 Å². The van der Waals surface area contributed by atoms with Crippen molar-refractivity contribution < 1.29 is 19.1 Å². The standard InChI is InChI=1S/C23H32N4O4/c1-16(2)19(26-22(30)25-18-11-7-5-8-12-18)21(29)31-17(3)20(28)27(4)23(15-24)13-9-6-10-14-23/h5,7-8,11-12,16-17,19H,6,9-10,13-14H2,1-4H3,(H2,25,26,30)/t17-,19-/m1/s1. The number of ether oxygens (including phenoxy) is 1. The van der Waals surface area contributed by atoms with Crippen LogP contribution in [0.25, 0.3) is 0 Å². The maximum atomic E-state index is 12.9. The molecule has 1 fully saturated rings. The minimum absolute atomic E-state index is 0.252. The van der Waals surface area contributed by atoms with Crippen LogP contribution in [0.4, 0.5) is 10.5 Å². The maximum absolute atomic E-state index is 12.9. The number of carbonyl (C=O) groups excluding carboxylic acids is 3. The van der Waals surface area contributed by atoms with Gasteiger partial charge in [0.1, 0.15) is 11.6 Å². The molecule has 8 nitrogen and oxygen atoms in total. The number of likely N-dealkylation sites (N-methyl/N-ethyl adjacent to an activating group) is 1. The fourth-order valence-corrected chi connectivity index (χ4v) is 3.77. The number of urea groups is 1. The molecule has 31 heavy (non-hydrogen) atoms. The summed E-state index contributed by atoms with van der Waals surface area (Å²) in [6.07, 6.45) is 2.97. The topological polar surface area (TPSA) is 112 Å². The normalized spacial score (nSPS) is 17.0. The molecule has 168 valence electrons. The van der Waals surface area contributed by atoms with Crippen LogP contribution in [0.5, 0.6) is 0 Å². The van der Waals surface area contributed by atoms with Crippen molar-refractivity contribution in [3.63, 3.8) is 0 Å². The molecule has 2 atom stereocenters. The van der Waals surface area contributed by atoms with Gasteiger partial charge in [-0.15, -0.1) is 0 Å². The average molecular weight is 429 g/mol. The van der Waals surface area contributed by atoms with Gasteiger partial charge in [-0.25, -0.2) is 9.59 Å². The van der Waals surface area contributed by atoms with Gasteiger partial charge in [-0.3, -0.25) is 4.79 Å². The fraction of sp³-hybridized carbons (Fsp3) is 0.565. The highest BCUT2D eigenvalue weighted by Gasteiger charge is 2.41. The number of benzene rings is 1. The molecular formula is C23H32N4O4. The van der Waals surface area contributed by atoms with Crippen LogP contribution in [0.15, 0.2) is 30.3 Å². The number of amides is 3. The Kier molecular flexibility index (Phi) is 8.43. The number of hydrogen-bond donors (Lipinski definition) is 2. The molecule has 0 radical (unpaired) electrons. The van der Waals surface area contributed by atoms with E-state index in [4.69, 9.17) is 4.74 Å². The number of para-hydroxylation sites is 1. The predicted molar refractivity (Wildman–Crippen MR) is 117 cm³/mol. The molecule has 1 aliphatic rings. The Morgan fingerprint density at radius 2 is 1.71 bits per heavy atom. The van der Waals surface area contributed by atoms with Gasteiger partial charge in [-0.2, -0.15) is 5.26 Å². The van der Waals surface area contributed by atoms with Crippen molar-refractivity contribution in [2.24, 2.45) is 5.92 Å². The molecule has 1 aromatic carbocycles. The summed E-state index contributed by atoms with van der Waals surface area (Å²) in [5.41, 5.74) is -0.267. The fourth-order valence-electron chi connectivity index (χ4n) is 3.77. The van der Waals surface area contributed by atoms with E-state index in [-0.39, 0.29) is 5.92 Å². The van der Waals surface area contributed by atoms with E-state index in [1.54, 1.807) is 45.2 Å². The van der Waals surface area contributed by atoms with Crippen molar-refractivity contribution in [3.05, 3.63) is 30.3 Å². The second kappa shape index (κ2) is 10.8. The Labute approximate surface area is 183 Å². The predicted octanol–water partition coefficient (Wildman–Crippen LogP) is 3.45. The van der Waals surface area contributed by atoms with Gasteiger partial charge >= 0.3 is 12.0 Å². The third-order valence-electron chi connectivity index (χ3n) is 5.74. The smallest absolute Gasteiger partial charge is 0.329 e. The highest BCUT2D eigenvalue weighted by atomic mass is 16.5. The van der Waals surface area contributed by atoms with Crippen molar-refractivity contribution >= 4 is 23.6 Å². The highest BCUT2D eigenvalue weighted by molar-refractivity contribution is 5.93. The van der Waals surface area contributed by atoms with Crippen LogP contribution in [0.2, 0.25) is 0 Å². The third kappa shape index (κ3) is 6.20. The molecule has 0 heterocycles. The van der Waals surface area contributed by atoms with Crippen molar-refractivity contribution in [1.82, 2.24) is 10.2 Å². The van der Waals surface area contributed by atoms with E-state index in [0.29, 0.717) is 18.5 Å². The van der Waals surface area contributed by atoms with Gasteiger partial charge in [0.2, 0.25) is 0 Å². The first-order valence-corrected chi connectivity index (χ1v) is 10.7. The van der Waals surface area contributed by atoms with E-state index >= 15 is 0 Å². The zero-order chi connectivity index (χ0) is 23.0. The lowest BCUT2D eigenvalue weighted by Gasteiger charge is -2.40. The zero-order valence-electron chi connectivity index (χ0n) is 18.7. The molecule has 1 aromatic rings. The molecule has 2 rings (SSSR count). The quantitative estimate of drug-likeness (QED) is 0.646. The third-order valence-corrected chi connectivity index (χ3v) is 5.74. The van der Waals surface area contributed by atoms with E-state index in [1.165, 1.54) is 11.8 Å². The second-order valence-corrected chi connectivity index (χ2v) is 8.37. The zero-order valence-corrected chi connectivity index (χ0v) is 18.7. The van der Waals surface area contributed by atoms with Crippen LogP contribution in [0.3, 0.4) is 0 Å². The summed E-state index contributed by atoms with van der Waals surface area (Å²) in [4.78, 5) is 39.4. The van der Waals surface area contributed by atoms with Crippen LogP contribution in [-0.2, 0) is 14.3 Å². The van der Waals surface area contributed by atoms with Crippen LogP contribution in [0.1, 0.15) is 52.9 Å². The Bertz CT molecular complexity index is 813. The van der Waals surface area contributed by atoms with Crippen molar-refractivity contribution in [1.29, 1.82) is 5.26 Å². The van der Waals surface area contributed by atoms with Crippen molar-refractivity contribution in [2.45, 2.75) is 70.6 Å². The molecule has 3 amide bonds. The Morgan fingerprint density at radius 3 is 2.26 bits per heavy atom. The van der Waals surface area contributed by atoms with E-state index < -0.39 is 35.6 Å². The van der Waals surface area contributed by atoms with Gasteiger partial charge in [-0.1, -0.05) is 51.3 Å². The number of esters is 1. The van der Waals surface area contributed by atoms with Crippen LogP contribution in [-0.4, -0.2) is 47.5 Å². The van der Waals surface area contributed by atoms with Gasteiger partial charge in [0.05, 0.1) is 6.07 Å².